The van der Waals surface area contributed by atoms with Crippen LogP contribution in [-0.2, 0) is 21.9 Å². The van der Waals surface area contributed by atoms with E-state index >= 15 is 0 Å². The lowest BCUT2D eigenvalue weighted by Crippen LogP contribution is -2.29. The summed E-state index contributed by atoms with van der Waals surface area (Å²) in [5.41, 5.74) is 4.43. The van der Waals surface area contributed by atoms with Crippen molar-refractivity contribution in [2.75, 3.05) is 4.90 Å². The number of amides is 1. The van der Waals surface area contributed by atoms with Crippen LogP contribution in [0.5, 0.6) is 5.75 Å². The summed E-state index contributed by atoms with van der Waals surface area (Å²) < 4.78 is 7.63. The predicted octanol–water partition coefficient (Wildman–Crippen LogP) is 7.95. The number of thioether (sulfide) groups is 1. The molecule has 1 amide bonds. The zero-order valence-electron chi connectivity index (χ0n) is 23.5. The van der Waals surface area contributed by atoms with Crippen molar-refractivity contribution >= 4 is 68.3 Å². The highest BCUT2D eigenvalue weighted by Gasteiger charge is 2.48. The molecule has 1 N–H and O–H groups in total. The number of aliphatic hydroxyl groups is 1. The number of anilines is 1. The van der Waals surface area contributed by atoms with Crippen molar-refractivity contribution in [3.8, 4) is 5.75 Å². The van der Waals surface area contributed by atoms with E-state index in [9.17, 15) is 14.7 Å². The molecule has 1 fully saturated rings. The number of halogens is 1. The third-order valence-electron chi connectivity index (χ3n) is 7.22. The third-order valence-corrected chi connectivity index (χ3v) is 10.1. The van der Waals surface area contributed by atoms with Crippen LogP contribution in [0.3, 0.4) is 0 Å². The van der Waals surface area contributed by atoms with E-state index in [1.807, 2.05) is 85.8 Å². The fraction of sp³-hybridized carbons (Fsp3) is 0.118. The number of aliphatic hydroxyl groups excluding tert-OH is 1. The van der Waals surface area contributed by atoms with Crippen LogP contribution in [0.25, 0.3) is 5.76 Å². The fourth-order valence-electron chi connectivity index (χ4n) is 4.87. The molecule has 7 nitrogen and oxygen atoms in total. The first-order valence-electron chi connectivity index (χ1n) is 13.7. The number of rotatable bonds is 9. The molecule has 0 saturated carbocycles. The van der Waals surface area contributed by atoms with E-state index in [0.29, 0.717) is 38.7 Å². The maximum absolute atomic E-state index is 13.5. The lowest BCUT2D eigenvalue weighted by atomic mass is 9.95. The fourth-order valence-corrected chi connectivity index (χ4v) is 7.05. The van der Waals surface area contributed by atoms with Gasteiger partial charge in [-0.05, 0) is 88.2 Å². The highest BCUT2D eigenvalue weighted by Crippen LogP contribution is 2.44. The maximum Gasteiger partial charge on any atom is 0.301 e. The zero-order chi connectivity index (χ0) is 30.6. The first-order valence-corrected chi connectivity index (χ1v) is 16.6. The zero-order valence-corrected chi connectivity index (χ0v) is 27.3. The number of Topliss-reactive ketones (excluding diaryl/α,β-unsaturated/α-hetero) is 1. The number of nitrogens with zero attached hydrogens (tertiary/aromatic N) is 3. The minimum absolute atomic E-state index is 0.00141. The van der Waals surface area contributed by atoms with Crippen molar-refractivity contribution in [1.82, 2.24) is 10.2 Å². The molecule has 1 atom stereocenters. The second kappa shape index (κ2) is 13.3. The van der Waals surface area contributed by atoms with Crippen LogP contribution in [0.15, 0.2) is 113 Å². The van der Waals surface area contributed by atoms with Crippen molar-refractivity contribution in [2.45, 2.75) is 29.7 Å². The molecule has 1 aliphatic rings. The third kappa shape index (κ3) is 6.42. The van der Waals surface area contributed by atoms with Gasteiger partial charge >= 0.3 is 5.91 Å². The second-order valence-corrected chi connectivity index (χ2v) is 13.5. The molecule has 0 spiro atoms. The molecule has 0 aliphatic carbocycles. The number of ether oxygens (including phenoxy) is 1. The van der Waals surface area contributed by atoms with Crippen LogP contribution in [0.2, 0.25) is 0 Å². The number of aryl methyl sites for hydroxylation is 1. The molecule has 0 radical (unpaired) electrons. The Hall–Kier alpha value is -4.00. The van der Waals surface area contributed by atoms with Gasteiger partial charge < -0.3 is 9.84 Å². The Balaban J connectivity index is 1.30. The van der Waals surface area contributed by atoms with E-state index in [4.69, 9.17) is 4.74 Å². The van der Waals surface area contributed by atoms with Gasteiger partial charge in [-0.2, -0.15) is 0 Å². The Morgan fingerprint density at radius 1 is 0.932 bits per heavy atom. The Kier molecular flexibility index (Phi) is 9.10. The summed E-state index contributed by atoms with van der Waals surface area (Å²) in [7, 11) is 0. The number of ketones is 1. The summed E-state index contributed by atoms with van der Waals surface area (Å²) in [4.78, 5) is 28.4. The second-order valence-electron chi connectivity index (χ2n) is 10.1. The first kappa shape index (κ1) is 30.0. The highest BCUT2D eigenvalue weighted by atomic mass is 127. The SMILES string of the molecule is Cc1ccccc1COc1ccc(C(O)=C2C(=O)C(=O)N(c3nnc(SCc4ccccc4)s3)C2c2ccc(I)cc2)cc1. The standard InChI is InChI=1S/C34H26IN3O4S2/c1-21-7-5-6-10-25(21)19-42-27-17-13-24(14-18-27)30(39)28-29(23-11-15-26(35)16-12-23)38(32(41)31(28)40)33-36-37-34(44-33)43-20-22-8-3-2-4-9-22/h2-18,29,39H,19-20H2,1H3. The normalized spacial score (nSPS) is 16.0. The molecule has 1 saturated heterocycles. The summed E-state index contributed by atoms with van der Waals surface area (Å²) in [6, 6.07) is 31.5. The number of benzene rings is 4. The molecule has 1 aromatic heterocycles. The number of carbonyl (C=O) groups excluding carboxylic acids is 2. The largest absolute Gasteiger partial charge is 0.507 e. The predicted molar refractivity (Wildman–Crippen MR) is 182 cm³/mol. The van der Waals surface area contributed by atoms with E-state index in [0.717, 1.165) is 20.3 Å². The number of aromatic nitrogens is 2. The first-order chi connectivity index (χ1) is 21.4. The minimum atomic E-state index is -0.871. The summed E-state index contributed by atoms with van der Waals surface area (Å²) in [5.74, 6) is -0.486. The van der Waals surface area contributed by atoms with Crippen LogP contribution in [0, 0.1) is 10.5 Å². The molecule has 220 valence electrons. The van der Waals surface area contributed by atoms with Gasteiger partial charge in [-0.1, -0.05) is 89.8 Å². The highest BCUT2D eigenvalue weighted by molar-refractivity contribution is 14.1. The quantitative estimate of drug-likeness (QED) is 0.0411. The van der Waals surface area contributed by atoms with Gasteiger partial charge in [-0.15, -0.1) is 10.2 Å². The monoisotopic (exact) mass is 731 g/mol. The summed E-state index contributed by atoms with van der Waals surface area (Å²) in [6.45, 7) is 2.44. The van der Waals surface area contributed by atoms with Gasteiger partial charge in [0.1, 0.15) is 18.1 Å². The van der Waals surface area contributed by atoms with E-state index in [2.05, 4.69) is 32.8 Å². The van der Waals surface area contributed by atoms with Crippen molar-refractivity contribution in [1.29, 1.82) is 0 Å². The van der Waals surface area contributed by atoms with Crippen LogP contribution in [0.1, 0.15) is 33.9 Å². The van der Waals surface area contributed by atoms with E-state index < -0.39 is 17.7 Å². The minimum Gasteiger partial charge on any atom is -0.507 e. The van der Waals surface area contributed by atoms with E-state index in [1.54, 1.807) is 24.3 Å². The number of hydrogen-bond donors (Lipinski definition) is 1. The molecule has 10 heteroatoms. The molecule has 1 aliphatic heterocycles. The van der Waals surface area contributed by atoms with Crippen molar-refractivity contribution in [3.63, 3.8) is 0 Å². The van der Waals surface area contributed by atoms with Gasteiger partial charge in [0.05, 0.1) is 11.6 Å². The molecule has 44 heavy (non-hydrogen) atoms. The average molecular weight is 732 g/mol. The van der Waals surface area contributed by atoms with Gasteiger partial charge in [0, 0.05) is 14.9 Å². The lowest BCUT2D eigenvalue weighted by Gasteiger charge is -2.22. The molecule has 0 bridgehead atoms. The maximum atomic E-state index is 13.5. The number of hydrogen-bond acceptors (Lipinski definition) is 8. The van der Waals surface area contributed by atoms with Crippen molar-refractivity contribution < 1.29 is 19.4 Å². The molecule has 5 aromatic rings. The van der Waals surface area contributed by atoms with Crippen LogP contribution < -0.4 is 9.64 Å². The molecule has 6 rings (SSSR count). The summed E-state index contributed by atoms with van der Waals surface area (Å²) in [5, 5.41) is 20.4. The van der Waals surface area contributed by atoms with E-state index in [1.165, 1.54) is 28.0 Å². The number of carbonyl (C=O) groups is 2. The Morgan fingerprint density at radius 2 is 1.64 bits per heavy atom. The van der Waals surface area contributed by atoms with Crippen LogP contribution in [0.4, 0.5) is 5.13 Å². The van der Waals surface area contributed by atoms with Gasteiger partial charge in [-0.3, -0.25) is 14.5 Å². The Labute approximate surface area is 276 Å². The molecule has 2 heterocycles. The smallest absolute Gasteiger partial charge is 0.301 e. The molecular formula is C34H26IN3O4S2. The Morgan fingerprint density at radius 3 is 2.36 bits per heavy atom. The average Bonchev–Trinajstić information content (AvgIpc) is 3.62. The van der Waals surface area contributed by atoms with Gasteiger partial charge in [0.2, 0.25) is 5.13 Å². The molecular weight excluding hydrogens is 705 g/mol. The van der Waals surface area contributed by atoms with Gasteiger partial charge in [-0.25, -0.2) is 0 Å². The van der Waals surface area contributed by atoms with Crippen molar-refractivity contribution in [3.05, 3.63) is 140 Å². The van der Waals surface area contributed by atoms with Crippen LogP contribution in [-0.4, -0.2) is 27.0 Å². The summed E-state index contributed by atoms with van der Waals surface area (Å²) in [6.07, 6.45) is 0. The van der Waals surface area contributed by atoms with E-state index in [-0.39, 0.29) is 11.3 Å². The summed E-state index contributed by atoms with van der Waals surface area (Å²) >= 11 is 4.96. The topological polar surface area (TPSA) is 92.6 Å². The Bertz CT molecular complexity index is 1840. The van der Waals surface area contributed by atoms with Crippen LogP contribution >= 0.6 is 45.7 Å². The lowest BCUT2D eigenvalue weighted by molar-refractivity contribution is -0.132. The van der Waals surface area contributed by atoms with Gasteiger partial charge in [0.25, 0.3) is 5.78 Å². The van der Waals surface area contributed by atoms with Crippen molar-refractivity contribution in [2.24, 2.45) is 0 Å². The van der Waals surface area contributed by atoms with Gasteiger partial charge in [0.15, 0.2) is 4.34 Å². The molecule has 4 aromatic carbocycles. The molecule has 1 unspecified atom stereocenters.